The molecule has 4 heteroatoms. The van der Waals surface area contributed by atoms with Crippen LogP contribution in [0.5, 0.6) is 0 Å². The third-order valence-corrected chi connectivity index (χ3v) is 4.15. The lowest BCUT2D eigenvalue weighted by molar-refractivity contribution is -0.127. The molecule has 3 N–H and O–H groups in total. The van der Waals surface area contributed by atoms with Crippen molar-refractivity contribution in [1.82, 2.24) is 5.32 Å². The molecule has 0 aliphatic carbocycles. The van der Waals surface area contributed by atoms with Gasteiger partial charge in [0.05, 0.1) is 6.04 Å². The molecule has 0 rings (SSSR count). The van der Waals surface area contributed by atoms with Gasteiger partial charge in [-0.05, 0) is 32.2 Å². The van der Waals surface area contributed by atoms with Gasteiger partial charge in [0, 0.05) is 5.92 Å². The first-order valence-corrected chi connectivity index (χ1v) is 9.11. The van der Waals surface area contributed by atoms with Crippen molar-refractivity contribution >= 4 is 12.2 Å². The highest BCUT2D eigenvalue weighted by molar-refractivity contribution is 5.81. The molecule has 0 bridgehead atoms. The van der Waals surface area contributed by atoms with Crippen molar-refractivity contribution in [2.24, 2.45) is 11.7 Å². The van der Waals surface area contributed by atoms with E-state index in [1.807, 2.05) is 6.92 Å². The summed E-state index contributed by atoms with van der Waals surface area (Å²) in [7, 11) is 0. The summed E-state index contributed by atoms with van der Waals surface area (Å²) in [6.07, 6.45) is 13.0. The maximum absolute atomic E-state index is 12.1. The number of carbonyl (C=O) groups excluding carboxylic acids is 2. The minimum Gasteiger partial charge on any atom is -0.346 e. The second-order valence-electron chi connectivity index (χ2n) is 6.35. The number of rotatable bonds is 15. The van der Waals surface area contributed by atoms with E-state index in [2.05, 4.69) is 12.2 Å². The number of aldehydes is 1. The van der Waals surface area contributed by atoms with E-state index in [0.29, 0.717) is 13.0 Å². The third kappa shape index (κ3) is 11.7. The predicted octanol–water partition coefficient (Wildman–Crippen LogP) is 3.58. The van der Waals surface area contributed by atoms with Crippen LogP contribution in [0.2, 0.25) is 0 Å². The van der Waals surface area contributed by atoms with Crippen LogP contribution in [0.1, 0.15) is 84.5 Å². The summed E-state index contributed by atoms with van der Waals surface area (Å²) in [6, 6.07) is -0.351. The highest BCUT2D eigenvalue weighted by Gasteiger charge is 2.16. The molecule has 0 fully saturated rings. The van der Waals surface area contributed by atoms with E-state index >= 15 is 0 Å². The molecule has 4 nitrogen and oxygen atoms in total. The number of amides is 1. The largest absolute Gasteiger partial charge is 0.346 e. The Morgan fingerprint density at radius 2 is 1.59 bits per heavy atom. The quantitative estimate of drug-likeness (QED) is 0.358. The van der Waals surface area contributed by atoms with Gasteiger partial charge in [-0.25, -0.2) is 0 Å². The van der Waals surface area contributed by atoms with Crippen LogP contribution in [-0.4, -0.2) is 24.8 Å². The molecule has 0 spiro atoms. The maximum atomic E-state index is 12.1. The predicted molar refractivity (Wildman–Crippen MR) is 92.7 cm³/mol. The minimum atomic E-state index is -0.351. The Hall–Kier alpha value is -0.900. The summed E-state index contributed by atoms with van der Waals surface area (Å²) >= 11 is 0. The number of nitrogens with one attached hydrogen (secondary N) is 1. The van der Waals surface area contributed by atoms with E-state index < -0.39 is 0 Å². The zero-order valence-electron chi connectivity index (χ0n) is 14.6. The van der Waals surface area contributed by atoms with Crippen LogP contribution in [0.3, 0.4) is 0 Å². The van der Waals surface area contributed by atoms with Crippen LogP contribution in [-0.2, 0) is 9.59 Å². The Morgan fingerprint density at radius 1 is 1.00 bits per heavy atom. The zero-order valence-corrected chi connectivity index (χ0v) is 14.6. The number of nitrogens with two attached hydrogens (primary N) is 1. The van der Waals surface area contributed by atoms with Crippen molar-refractivity contribution in [2.75, 3.05) is 6.54 Å². The summed E-state index contributed by atoms with van der Waals surface area (Å²) < 4.78 is 0. The Bertz CT molecular complexity index is 282. The summed E-state index contributed by atoms with van der Waals surface area (Å²) in [6.45, 7) is 4.81. The van der Waals surface area contributed by atoms with Crippen molar-refractivity contribution in [3.8, 4) is 0 Å². The van der Waals surface area contributed by atoms with Gasteiger partial charge in [0.25, 0.3) is 0 Å². The molecule has 0 saturated carbocycles. The van der Waals surface area contributed by atoms with E-state index in [1.165, 1.54) is 38.5 Å². The Labute approximate surface area is 136 Å². The average molecular weight is 312 g/mol. The number of unbranched alkanes of at least 4 members (excludes halogenated alkanes) is 7. The fourth-order valence-electron chi connectivity index (χ4n) is 2.55. The first kappa shape index (κ1) is 21.1. The third-order valence-electron chi connectivity index (χ3n) is 4.15. The topological polar surface area (TPSA) is 72.2 Å². The Balaban J connectivity index is 3.73. The Morgan fingerprint density at radius 3 is 2.18 bits per heavy atom. The molecule has 2 unspecified atom stereocenters. The molecule has 0 radical (unpaired) electrons. The number of hydrogen-bond donors (Lipinski definition) is 2. The van der Waals surface area contributed by atoms with Gasteiger partial charge in [0.1, 0.15) is 6.29 Å². The SMILES string of the molecule is CCCCCCCCCC(C)C(=O)NC(C=O)CCCCN. The molecule has 0 saturated heterocycles. The molecule has 130 valence electrons. The summed E-state index contributed by atoms with van der Waals surface area (Å²) in [5, 5.41) is 2.85. The van der Waals surface area contributed by atoms with Crippen molar-refractivity contribution in [3.05, 3.63) is 0 Å². The summed E-state index contributed by atoms with van der Waals surface area (Å²) in [5.74, 6) is 0.00318. The van der Waals surface area contributed by atoms with Gasteiger partial charge in [-0.3, -0.25) is 4.79 Å². The molecular weight excluding hydrogens is 276 g/mol. The van der Waals surface area contributed by atoms with Crippen molar-refractivity contribution < 1.29 is 9.59 Å². The zero-order chi connectivity index (χ0) is 16.6. The van der Waals surface area contributed by atoms with E-state index in [4.69, 9.17) is 5.73 Å². The number of carbonyl (C=O) groups is 2. The van der Waals surface area contributed by atoms with Gasteiger partial charge < -0.3 is 15.8 Å². The lowest BCUT2D eigenvalue weighted by Gasteiger charge is -2.16. The van der Waals surface area contributed by atoms with Gasteiger partial charge >= 0.3 is 0 Å². The molecule has 0 aliphatic heterocycles. The van der Waals surface area contributed by atoms with E-state index in [-0.39, 0.29) is 17.9 Å². The molecule has 0 aromatic heterocycles. The average Bonchev–Trinajstić information content (AvgIpc) is 2.52. The Kier molecular flexibility index (Phi) is 14.4. The van der Waals surface area contributed by atoms with Crippen LogP contribution >= 0.6 is 0 Å². The summed E-state index contributed by atoms with van der Waals surface area (Å²) in [5.41, 5.74) is 5.44. The first-order valence-electron chi connectivity index (χ1n) is 9.11. The van der Waals surface area contributed by atoms with Gasteiger partial charge in [-0.15, -0.1) is 0 Å². The highest BCUT2D eigenvalue weighted by atomic mass is 16.2. The highest BCUT2D eigenvalue weighted by Crippen LogP contribution is 2.13. The van der Waals surface area contributed by atoms with Crippen LogP contribution in [0, 0.1) is 5.92 Å². The molecule has 0 heterocycles. The van der Waals surface area contributed by atoms with Crippen molar-refractivity contribution in [1.29, 1.82) is 0 Å². The van der Waals surface area contributed by atoms with Crippen LogP contribution < -0.4 is 11.1 Å². The minimum absolute atomic E-state index is 0.00685. The lowest BCUT2D eigenvalue weighted by atomic mass is 10.00. The van der Waals surface area contributed by atoms with Gasteiger partial charge in [-0.2, -0.15) is 0 Å². The first-order chi connectivity index (χ1) is 10.7. The van der Waals surface area contributed by atoms with E-state index in [9.17, 15) is 9.59 Å². The summed E-state index contributed by atoms with van der Waals surface area (Å²) in [4.78, 5) is 23.1. The second kappa shape index (κ2) is 15.0. The van der Waals surface area contributed by atoms with Gasteiger partial charge in [0.2, 0.25) is 5.91 Å². The molecule has 1 amide bonds. The molecular formula is C18H36N2O2. The lowest BCUT2D eigenvalue weighted by Crippen LogP contribution is -2.39. The van der Waals surface area contributed by atoms with E-state index in [0.717, 1.165) is 32.0 Å². The normalized spacial score (nSPS) is 13.6. The second-order valence-corrected chi connectivity index (χ2v) is 6.35. The van der Waals surface area contributed by atoms with Crippen LogP contribution in [0.4, 0.5) is 0 Å². The van der Waals surface area contributed by atoms with Crippen molar-refractivity contribution in [2.45, 2.75) is 90.5 Å². The smallest absolute Gasteiger partial charge is 0.223 e. The molecule has 0 aromatic carbocycles. The fraction of sp³-hybridized carbons (Fsp3) is 0.889. The van der Waals surface area contributed by atoms with Crippen LogP contribution in [0.25, 0.3) is 0 Å². The molecule has 2 atom stereocenters. The molecule has 22 heavy (non-hydrogen) atoms. The maximum Gasteiger partial charge on any atom is 0.223 e. The van der Waals surface area contributed by atoms with E-state index in [1.54, 1.807) is 0 Å². The molecule has 0 aliphatic rings. The molecule has 0 aromatic rings. The fourth-order valence-corrected chi connectivity index (χ4v) is 2.55. The van der Waals surface area contributed by atoms with Crippen LogP contribution in [0.15, 0.2) is 0 Å². The van der Waals surface area contributed by atoms with Gasteiger partial charge in [0.15, 0.2) is 0 Å². The monoisotopic (exact) mass is 312 g/mol. The van der Waals surface area contributed by atoms with Gasteiger partial charge in [-0.1, -0.05) is 58.8 Å². The standard InChI is InChI=1S/C18H36N2O2/c1-3-4-5-6-7-8-9-12-16(2)18(22)20-17(15-21)13-10-11-14-19/h15-17H,3-14,19H2,1-2H3,(H,20,22). The number of hydrogen-bond acceptors (Lipinski definition) is 3. The van der Waals surface area contributed by atoms with Crippen molar-refractivity contribution in [3.63, 3.8) is 0 Å².